The molecule has 6 nitrogen and oxygen atoms in total. The average Bonchev–Trinajstić information content (AvgIpc) is 3.45. The fourth-order valence-corrected chi connectivity index (χ4v) is 8.64. The second-order valence-corrected chi connectivity index (χ2v) is 20.9. The summed E-state index contributed by atoms with van der Waals surface area (Å²) in [5, 5.41) is 0. The van der Waals surface area contributed by atoms with E-state index < -0.39 is 12.1 Å². The number of unbranched alkanes of at least 4 members (excludes halogenated alkanes) is 23. The van der Waals surface area contributed by atoms with Gasteiger partial charge < -0.3 is 14.2 Å². The fraction of sp³-hybridized carbons (Fsp3) is 0.630. The van der Waals surface area contributed by atoms with E-state index in [0.717, 1.165) is 128 Å². The van der Waals surface area contributed by atoms with Crippen LogP contribution in [0.25, 0.3) is 0 Å². The summed E-state index contributed by atoms with van der Waals surface area (Å²) < 4.78 is 16.8. The van der Waals surface area contributed by atoms with Crippen LogP contribution >= 0.6 is 0 Å². The third-order valence-electron chi connectivity index (χ3n) is 13.4. The van der Waals surface area contributed by atoms with Crippen LogP contribution in [-0.2, 0) is 28.6 Å². The Labute approximate surface area is 487 Å². The number of rotatable bonds is 57. The molecular weight excluding hydrogens is 973 g/mol. The predicted octanol–water partition coefficient (Wildman–Crippen LogP) is 22.3. The molecule has 0 amide bonds. The molecule has 446 valence electrons. The van der Waals surface area contributed by atoms with Gasteiger partial charge in [-0.2, -0.15) is 0 Å². The lowest BCUT2D eigenvalue weighted by atomic mass is 10.0. The van der Waals surface area contributed by atoms with Gasteiger partial charge in [0.05, 0.1) is 6.42 Å². The Morgan fingerprint density at radius 3 is 0.823 bits per heavy atom. The predicted molar refractivity (Wildman–Crippen MR) is 343 cm³/mol. The van der Waals surface area contributed by atoms with Crippen molar-refractivity contribution in [3.8, 4) is 0 Å². The highest BCUT2D eigenvalue weighted by Gasteiger charge is 2.19. The number of hydrogen-bond donors (Lipinski definition) is 0. The molecule has 0 aromatic carbocycles. The summed E-state index contributed by atoms with van der Waals surface area (Å²) in [5.74, 6) is -1.06. The number of ether oxygens (including phenoxy) is 3. The number of allylic oxidation sites excluding steroid dienone is 23. The van der Waals surface area contributed by atoms with Crippen molar-refractivity contribution in [1.82, 2.24) is 0 Å². The first-order chi connectivity index (χ1) is 39.0. The summed E-state index contributed by atoms with van der Waals surface area (Å²) >= 11 is 0. The maximum absolute atomic E-state index is 12.9. The molecule has 0 radical (unpaired) electrons. The zero-order chi connectivity index (χ0) is 57.1. The number of hydrogen-bond acceptors (Lipinski definition) is 6. The Morgan fingerprint density at radius 2 is 0.506 bits per heavy atom. The van der Waals surface area contributed by atoms with Crippen LogP contribution in [0.2, 0.25) is 0 Å². The molecule has 0 aliphatic carbocycles. The van der Waals surface area contributed by atoms with Gasteiger partial charge in [0.15, 0.2) is 6.10 Å². The van der Waals surface area contributed by atoms with E-state index in [1.807, 2.05) is 6.08 Å². The van der Waals surface area contributed by atoms with E-state index >= 15 is 0 Å². The Bertz CT molecular complexity index is 1730. The van der Waals surface area contributed by atoms with Crippen molar-refractivity contribution in [2.75, 3.05) is 13.2 Å². The molecular formula is C73H118O6. The van der Waals surface area contributed by atoms with Crippen LogP contribution in [0.15, 0.2) is 146 Å². The monoisotopic (exact) mass is 1090 g/mol. The second-order valence-electron chi connectivity index (χ2n) is 20.9. The minimum absolute atomic E-state index is 0.115. The molecule has 0 bridgehead atoms. The zero-order valence-electron chi connectivity index (χ0n) is 51.1. The number of carbonyl (C=O) groups is 3. The van der Waals surface area contributed by atoms with Crippen molar-refractivity contribution in [3.63, 3.8) is 0 Å². The maximum atomic E-state index is 12.9. The summed E-state index contributed by atoms with van der Waals surface area (Å²) in [6, 6.07) is 0. The topological polar surface area (TPSA) is 78.9 Å². The number of esters is 3. The van der Waals surface area contributed by atoms with Crippen molar-refractivity contribution in [2.45, 2.75) is 284 Å². The molecule has 0 aromatic rings. The van der Waals surface area contributed by atoms with Crippen LogP contribution in [-0.4, -0.2) is 37.2 Å². The third kappa shape index (κ3) is 64.0. The van der Waals surface area contributed by atoms with E-state index in [9.17, 15) is 14.4 Å². The first-order valence-corrected chi connectivity index (χ1v) is 32.3. The molecule has 0 aromatic heterocycles. The molecule has 0 aliphatic heterocycles. The highest BCUT2D eigenvalue weighted by Crippen LogP contribution is 2.16. The summed E-state index contributed by atoms with van der Waals surface area (Å²) in [4.78, 5) is 38.3. The van der Waals surface area contributed by atoms with Gasteiger partial charge in [0.2, 0.25) is 0 Å². The lowest BCUT2D eigenvalue weighted by Gasteiger charge is -2.18. The van der Waals surface area contributed by atoms with E-state index in [2.05, 4.69) is 154 Å². The largest absolute Gasteiger partial charge is 0.462 e. The van der Waals surface area contributed by atoms with E-state index in [1.54, 1.807) is 6.08 Å². The minimum atomic E-state index is -0.829. The lowest BCUT2D eigenvalue weighted by Crippen LogP contribution is -2.30. The van der Waals surface area contributed by atoms with Gasteiger partial charge in [0, 0.05) is 12.8 Å². The van der Waals surface area contributed by atoms with Gasteiger partial charge in [-0.25, -0.2) is 0 Å². The maximum Gasteiger partial charge on any atom is 0.309 e. The molecule has 0 rings (SSSR count). The van der Waals surface area contributed by atoms with Gasteiger partial charge in [-0.3, -0.25) is 14.4 Å². The standard InChI is InChI=1S/C73H118O6/c1-4-7-10-13-16-19-22-25-28-30-31-32-33-34-35-36-37-38-39-40-41-43-45-48-51-54-57-60-63-66-72(75)78-69-70(68-77-71(74)65-62-59-56-53-50-47-44-27-24-21-18-15-12-9-6-3)79-73(76)67-64-61-58-55-52-49-46-42-29-26-23-20-17-14-11-8-5-2/h7-12,16-21,25-29,31-32,44,50,53,59,62,70H,4-6,13-15,22-24,30,33-43,45-49,51-52,54-58,60-61,63-69H2,1-3H3/b10-7-,11-8-,12-9-,19-16-,20-17-,21-18-,28-25-,29-26-,32-31-,44-27-,53-50-,62-59-. The van der Waals surface area contributed by atoms with Crippen molar-refractivity contribution >= 4 is 17.9 Å². The van der Waals surface area contributed by atoms with Gasteiger partial charge in [-0.1, -0.05) is 289 Å². The molecule has 1 unspecified atom stereocenters. The molecule has 1 atom stereocenters. The van der Waals surface area contributed by atoms with Crippen LogP contribution in [0.3, 0.4) is 0 Å². The molecule has 79 heavy (non-hydrogen) atoms. The molecule has 0 saturated heterocycles. The minimum Gasteiger partial charge on any atom is -0.462 e. The SMILES string of the molecule is CC/C=C\C/C=C\C/C=C\C/C=C\C/C=C\CC(=O)OCC(COC(=O)CCCCCCCCCCCCCCCCCC/C=C\C/C=C\C/C=C\C/C=C\CC)OC(=O)CCCCCCCCC/C=C\C/C=C\C/C=C\CC. The lowest BCUT2D eigenvalue weighted by molar-refractivity contribution is -0.166. The molecule has 0 spiro atoms. The third-order valence-corrected chi connectivity index (χ3v) is 13.4. The van der Waals surface area contributed by atoms with Gasteiger partial charge >= 0.3 is 17.9 Å². The highest BCUT2D eigenvalue weighted by atomic mass is 16.6. The smallest absolute Gasteiger partial charge is 0.309 e. The summed E-state index contributed by atoms with van der Waals surface area (Å²) in [6.07, 6.45) is 94.6. The van der Waals surface area contributed by atoms with E-state index in [4.69, 9.17) is 14.2 Å². The fourth-order valence-electron chi connectivity index (χ4n) is 8.64. The van der Waals surface area contributed by atoms with E-state index in [0.29, 0.717) is 12.8 Å². The van der Waals surface area contributed by atoms with Gasteiger partial charge in [0.1, 0.15) is 13.2 Å². The first kappa shape index (κ1) is 74.3. The van der Waals surface area contributed by atoms with Crippen molar-refractivity contribution in [2.24, 2.45) is 0 Å². The Kier molecular flexibility index (Phi) is 61.9. The highest BCUT2D eigenvalue weighted by molar-refractivity contribution is 5.72. The van der Waals surface area contributed by atoms with Gasteiger partial charge in [-0.15, -0.1) is 0 Å². The second kappa shape index (κ2) is 65.8. The Hall–Kier alpha value is -4.71. The van der Waals surface area contributed by atoms with Crippen molar-refractivity contribution in [1.29, 1.82) is 0 Å². The van der Waals surface area contributed by atoms with E-state index in [1.165, 1.54) is 109 Å². The Balaban J connectivity index is 4.35. The zero-order valence-corrected chi connectivity index (χ0v) is 51.1. The molecule has 0 fully saturated rings. The molecule has 0 aliphatic rings. The molecule has 0 heterocycles. The molecule has 0 N–H and O–H groups in total. The van der Waals surface area contributed by atoms with Crippen LogP contribution in [0.1, 0.15) is 278 Å². The number of carbonyl (C=O) groups excluding carboxylic acids is 3. The quantitative estimate of drug-likeness (QED) is 0.0261. The summed E-state index contributed by atoms with van der Waals surface area (Å²) in [6.45, 7) is 6.22. The van der Waals surface area contributed by atoms with Crippen molar-refractivity contribution in [3.05, 3.63) is 146 Å². The summed E-state index contributed by atoms with van der Waals surface area (Å²) in [5.41, 5.74) is 0. The first-order valence-electron chi connectivity index (χ1n) is 32.3. The normalized spacial score (nSPS) is 13.1. The van der Waals surface area contributed by atoms with E-state index in [-0.39, 0.29) is 31.6 Å². The van der Waals surface area contributed by atoms with Gasteiger partial charge in [0.25, 0.3) is 0 Å². The van der Waals surface area contributed by atoms with Gasteiger partial charge in [-0.05, 0) is 116 Å². The Morgan fingerprint density at radius 1 is 0.266 bits per heavy atom. The van der Waals surface area contributed by atoms with Crippen LogP contribution in [0.5, 0.6) is 0 Å². The van der Waals surface area contributed by atoms with Crippen LogP contribution < -0.4 is 0 Å². The van der Waals surface area contributed by atoms with Crippen LogP contribution in [0.4, 0.5) is 0 Å². The van der Waals surface area contributed by atoms with Crippen molar-refractivity contribution < 1.29 is 28.6 Å². The summed E-state index contributed by atoms with van der Waals surface area (Å²) in [7, 11) is 0. The average molecular weight is 1090 g/mol. The molecule has 6 heteroatoms. The van der Waals surface area contributed by atoms with Crippen LogP contribution in [0, 0.1) is 0 Å². The molecule has 0 saturated carbocycles.